The summed E-state index contributed by atoms with van der Waals surface area (Å²) >= 11 is 0. The van der Waals surface area contributed by atoms with Crippen molar-refractivity contribution in [1.29, 1.82) is 5.26 Å². The van der Waals surface area contributed by atoms with Gasteiger partial charge in [-0.25, -0.2) is 9.97 Å². The lowest BCUT2D eigenvalue weighted by atomic mass is 9.82. The molecule has 0 saturated heterocycles. The molecule has 3 heterocycles. The van der Waals surface area contributed by atoms with Gasteiger partial charge in [-0.15, -0.1) is 0 Å². The Balaban J connectivity index is 1.84. The fourth-order valence-electron chi connectivity index (χ4n) is 3.71. The molecule has 0 unspecified atom stereocenters. The van der Waals surface area contributed by atoms with Gasteiger partial charge in [-0.2, -0.15) is 5.26 Å². The van der Waals surface area contributed by atoms with Gasteiger partial charge in [-0.1, -0.05) is 30.3 Å². The predicted molar refractivity (Wildman–Crippen MR) is 114 cm³/mol. The monoisotopic (exact) mass is 446 g/mol. The highest BCUT2D eigenvalue weighted by Gasteiger charge is 2.32. The molecule has 1 aromatic carbocycles. The van der Waals surface area contributed by atoms with Crippen LogP contribution in [0.3, 0.4) is 0 Å². The van der Waals surface area contributed by atoms with Crippen molar-refractivity contribution in [2.24, 2.45) is 7.05 Å². The van der Waals surface area contributed by atoms with Crippen LogP contribution in [0.25, 0.3) is 0 Å². The van der Waals surface area contributed by atoms with Gasteiger partial charge in [0.1, 0.15) is 24.0 Å². The fourth-order valence-corrected chi connectivity index (χ4v) is 3.71. The van der Waals surface area contributed by atoms with Gasteiger partial charge < -0.3 is 19.4 Å². The molecule has 1 amide bonds. The molecule has 2 atom stereocenters. The lowest BCUT2D eigenvalue weighted by molar-refractivity contribution is 0.101. The topological polar surface area (TPSA) is 160 Å². The van der Waals surface area contributed by atoms with Crippen LogP contribution in [0, 0.1) is 11.3 Å². The van der Waals surface area contributed by atoms with Crippen molar-refractivity contribution in [3.8, 4) is 11.8 Å². The summed E-state index contributed by atoms with van der Waals surface area (Å²) in [5.74, 6) is -2.48. The maximum Gasteiger partial charge on any atom is 0.296 e. The van der Waals surface area contributed by atoms with Crippen molar-refractivity contribution in [1.82, 2.24) is 19.7 Å². The van der Waals surface area contributed by atoms with E-state index in [-0.39, 0.29) is 11.5 Å². The van der Waals surface area contributed by atoms with E-state index in [0.29, 0.717) is 16.8 Å². The second kappa shape index (κ2) is 8.80. The molecular formula is C22H18N6O5. The van der Waals surface area contributed by atoms with E-state index in [2.05, 4.69) is 31.0 Å². The Morgan fingerprint density at radius 3 is 2.76 bits per heavy atom. The summed E-state index contributed by atoms with van der Waals surface area (Å²) in [5, 5.41) is 25.9. The number of nitrogens with one attached hydrogen (secondary N) is 1. The standard InChI is InChI=1S/C22H18N6O5/c1-12(17(16-10-32-11-24-16)15-6-4-3-5-13(15)7-23)20-27-18(19(29)22(31)28(20)2)21(30)26-14-8-25-33-9-14/h3-6,8-12,17,29H,1-2H3,(H,26,30)/t12-,17+/m1/s1. The summed E-state index contributed by atoms with van der Waals surface area (Å²) in [4.78, 5) is 34.1. The van der Waals surface area contributed by atoms with Crippen LogP contribution in [0.5, 0.6) is 5.75 Å². The van der Waals surface area contributed by atoms with Crippen LogP contribution in [-0.2, 0) is 7.05 Å². The number of nitriles is 1. The number of carbonyl (C=O) groups excluding carboxylic acids is 1. The SMILES string of the molecule is C[C@@H](c1nc(C(=O)Nc2cnoc2)c(O)c(=O)n1C)[C@H](c1cocn1)c1ccccc1C#N. The third-order valence-electron chi connectivity index (χ3n) is 5.30. The summed E-state index contributed by atoms with van der Waals surface area (Å²) in [5.41, 5.74) is 0.581. The van der Waals surface area contributed by atoms with Crippen LogP contribution in [0.15, 0.2) is 63.1 Å². The molecule has 166 valence electrons. The minimum Gasteiger partial charge on any atom is -0.501 e. The van der Waals surface area contributed by atoms with Crippen molar-refractivity contribution >= 4 is 11.6 Å². The zero-order valence-corrected chi connectivity index (χ0v) is 17.6. The van der Waals surface area contributed by atoms with E-state index < -0.39 is 34.7 Å². The lowest BCUT2D eigenvalue weighted by Crippen LogP contribution is -2.29. The molecule has 0 aliphatic carbocycles. The normalized spacial score (nSPS) is 12.6. The van der Waals surface area contributed by atoms with Gasteiger partial charge in [0, 0.05) is 18.9 Å². The average Bonchev–Trinajstić information content (AvgIpc) is 3.53. The number of oxazole rings is 1. The number of amides is 1. The van der Waals surface area contributed by atoms with E-state index in [0.717, 1.165) is 4.57 Å². The molecule has 11 nitrogen and oxygen atoms in total. The van der Waals surface area contributed by atoms with Gasteiger partial charge in [0.25, 0.3) is 11.5 Å². The molecule has 0 bridgehead atoms. The van der Waals surface area contributed by atoms with Crippen molar-refractivity contribution in [3.63, 3.8) is 0 Å². The largest absolute Gasteiger partial charge is 0.501 e. The maximum absolute atomic E-state index is 12.8. The Bertz CT molecular complexity index is 1390. The number of hydrogen-bond acceptors (Lipinski definition) is 9. The van der Waals surface area contributed by atoms with E-state index in [4.69, 9.17) is 4.42 Å². The summed E-state index contributed by atoms with van der Waals surface area (Å²) in [6, 6.07) is 9.16. The van der Waals surface area contributed by atoms with Gasteiger partial charge >= 0.3 is 0 Å². The van der Waals surface area contributed by atoms with E-state index in [1.807, 2.05) is 0 Å². The van der Waals surface area contributed by atoms with Gasteiger partial charge in [0.2, 0.25) is 5.75 Å². The van der Waals surface area contributed by atoms with E-state index in [9.17, 15) is 20.0 Å². The molecule has 0 saturated carbocycles. The second-order valence-electron chi connectivity index (χ2n) is 7.28. The van der Waals surface area contributed by atoms with Crippen molar-refractivity contribution in [2.75, 3.05) is 5.32 Å². The van der Waals surface area contributed by atoms with Gasteiger partial charge in [-0.05, 0) is 11.6 Å². The molecule has 3 aromatic heterocycles. The number of nitrogens with zero attached hydrogens (tertiary/aromatic N) is 5. The first-order chi connectivity index (χ1) is 15.9. The third-order valence-corrected chi connectivity index (χ3v) is 5.30. The maximum atomic E-state index is 12.8. The minimum atomic E-state index is -0.808. The Hall–Kier alpha value is -4.72. The van der Waals surface area contributed by atoms with Crippen LogP contribution in [0.1, 0.15) is 51.9 Å². The predicted octanol–water partition coefficient (Wildman–Crippen LogP) is 2.52. The zero-order chi connectivity index (χ0) is 23.5. The Kier molecular flexibility index (Phi) is 5.73. The molecule has 4 aromatic rings. The van der Waals surface area contributed by atoms with Crippen LogP contribution in [-0.4, -0.2) is 30.7 Å². The van der Waals surface area contributed by atoms with Crippen molar-refractivity contribution in [2.45, 2.75) is 18.8 Å². The second-order valence-corrected chi connectivity index (χ2v) is 7.28. The summed E-state index contributed by atoms with van der Waals surface area (Å²) in [7, 11) is 1.44. The number of aromatic nitrogens is 4. The summed E-state index contributed by atoms with van der Waals surface area (Å²) in [6.45, 7) is 1.79. The fraction of sp³-hybridized carbons (Fsp3) is 0.182. The Morgan fingerprint density at radius 1 is 1.30 bits per heavy atom. The number of hydrogen-bond donors (Lipinski definition) is 2. The van der Waals surface area contributed by atoms with Crippen molar-refractivity contribution in [3.05, 3.63) is 88.1 Å². The highest BCUT2D eigenvalue weighted by Crippen LogP contribution is 2.38. The van der Waals surface area contributed by atoms with Gasteiger partial charge in [0.05, 0.1) is 23.5 Å². The van der Waals surface area contributed by atoms with Gasteiger partial charge in [0.15, 0.2) is 12.1 Å². The highest BCUT2D eigenvalue weighted by atomic mass is 16.5. The zero-order valence-electron chi connectivity index (χ0n) is 17.6. The number of aromatic hydroxyl groups is 1. The summed E-state index contributed by atoms with van der Waals surface area (Å²) < 4.78 is 11.0. The molecule has 4 rings (SSSR count). The minimum absolute atomic E-state index is 0.203. The molecule has 0 spiro atoms. The van der Waals surface area contributed by atoms with Crippen molar-refractivity contribution < 1.29 is 18.8 Å². The molecule has 11 heteroatoms. The first-order valence-electron chi connectivity index (χ1n) is 9.80. The molecule has 0 aliphatic heterocycles. The van der Waals surface area contributed by atoms with Crippen LogP contribution >= 0.6 is 0 Å². The third kappa shape index (κ3) is 3.97. The lowest BCUT2D eigenvalue weighted by Gasteiger charge is -2.25. The van der Waals surface area contributed by atoms with Gasteiger partial charge in [-0.3, -0.25) is 14.2 Å². The quantitative estimate of drug-likeness (QED) is 0.453. The smallest absolute Gasteiger partial charge is 0.296 e. The highest BCUT2D eigenvalue weighted by molar-refractivity contribution is 6.04. The Morgan fingerprint density at radius 2 is 2.09 bits per heavy atom. The van der Waals surface area contributed by atoms with Crippen LogP contribution in [0.2, 0.25) is 0 Å². The molecule has 0 radical (unpaired) electrons. The average molecular weight is 446 g/mol. The number of benzene rings is 1. The van der Waals surface area contributed by atoms with E-state index in [1.54, 1.807) is 31.2 Å². The first-order valence-corrected chi connectivity index (χ1v) is 9.80. The van der Waals surface area contributed by atoms with Crippen LogP contribution < -0.4 is 10.9 Å². The summed E-state index contributed by atoms with van der Waals surface area (Å²) in [6.07, 6.45) is 5.18. The molecule has 0 fully saturated rings. The van der Waals surface area contributed by atoms with E-state index in [1.165, 1.54) is 32.2 Å². The molecule has 33 heavy (non-hydrogen) atoms. The molecule has 2 N–H and O–H groups in total. The number of carbonyl (C=O) groups is 1. The molecular weight excluding hydrogens is 428 g/mol. The number of rotatable bonds is 6. The van der Waals surface area contributed by atoms with E-state index >= 15 is 0 Å². The van der Waals surface area contributed by atoms with Crippen LogP contribution in [0.4, 0.5) is 5.69 Å². The number of anilines is 1. The Labute approximate surface area is 186 Å². The molecule has 0 aliphatic rings. The first kappa shape index (κ1) is 21.5.